The molecule has 237 valence electrons. The molecule has 0 amide bonds. The summed E-state index contributed by atoms with van der Waals surface area (Å²) in [6, 6.07) is 29.4. The van der Waals surface area contributed by atoms with Gasteiger partial charge in [0.15, 0.2) is 5.78 Å². The molecule has 1 radical (unpaired) electrons. The molecule has 0 aliphatic heterocycles. The number of aliphatic hydroxyl groups excluding tert-OH is 1. The van der Waals surface area contributed by atoms with Crippen LogP contribution in [0.25, 0.3) is 33.3 Å². The van der Waals surface area contributed by atoms with Crippen molar-refractivity contribution in [1.29, 1.82) is 0 Å². The van der Waals surface area contributed by atoms with E-state index in [-0.39, 0.29) is 42.5 Å². The van der Waals surface area contributed by atoms with Crippen molar-refractivity contribution < 1.29 is 30.0 Å². The average molecular weight is 785 g/mol. The van der Waals surface area contributed by atoms with E-state index >= 15 is 0 Å². The van der Waals surface area contributed by atoms with Gasteiger partial charge in [-0.3, -0.25) is 9.78 Å². The Morgan fingerprint density at radius 2 is 1.39 bits per heavy atom. The minimum atomic E-state index is -1.69. The molecular formula is C39H50IrNO2Si-. The third-order valence-electron chi connectivity index (χ3n) is 7.40. The Morgan fingerprint density at radius 3 is 1.91 bits per heavy atom. The maximum Gasteiger partial charge on any atom is 0.164 e. The fourth-order valence-corrected chi connectivity index (χ4v) is 6.73. The number of para-hydroxylation sites is 1. The van der Waals surface area contributed by atoms with E-state index in [1.54, 1.807) is 0 Å². The van der Waals surface area contributed by atoms with Gasteiger partial charge in [0, 0.05) is 37.0 Å². The van der Waals surface area contributed by atoms with Crippen LogP contribution in [0.5, 0.6) is 0 Å². The van der Waals surface area contributed by atoms with Gasteiger partial charge < -0.3 is 5.11 Å². The van der Waals surface area contributed by atoms with Gasteiger partial charge >= 0.3 is 0 Å². The molecule has 44 heavy (non-hydrogen) atoms. The smallest absolute Gasteiger partial charge is 0.164 e. The standard InChI is InChI=1S/C28H30NSi.C11H20O2.Ir/c1-28(2,3)22-16-12-15-21(19-22)26-25(20-13-8-7-9-14-20)27(30(4,5)6)23-17-10-11-18-24(23)29-26;1-10(2,3)8(12)7-9(13)11(4,5)6;/h7-14,16-19H,1-6H3;7,12H,1-6H3;/q-1;;/b;8-7-;. The van der Waals surface area contributed by atoms with Crippen molar-refractivity contribution in [2.45, 2.75) is 87.4 Å². The molecule has 1 heterocycles. The molecule has 0 fully saturated rings. The number of nitrogens with zero attached hydrogens (tertiary/aromatic N) is 1. The molecule has 0 atom stereocenters. The minimum absolute atomic E-state index is 0. The Kier molecular flexibility index (Phi) is 11.9. The Balaban J connectivity index is 0.000000412. The molecular weight excluding hydrogens is 735 g/mol. The van der Waals surface area contributed by atoms with Gasteiger partial charge in [0.05, 0.1) is 13.6 Å². The fraction of sp³-hybridized carbons (Fsp3) is 0.385. The van der Waals surface area contributed by atoms with Crippen molar-refractivity contribution in [1.82, 2.24) is 4.98 Å². The van der Waals surface area contributed by atoms with Crippen LogP contribution < -0.4 is 5.19 Å². The third-order valence-corrected chi connectivity index (χ3v) is 9.42. The van der Waals surface area contributed by atoms with Gasteiger partial charge in [0.1, 0.15) is 5.76 Å². The summed E-state index contributed by atoms with van der Waals surface area (Å²) in [6.07, 6.45) is 1.33. The first-order chi connectivity index (χ1) is 19.7. The van der Waals surface area contributed by atoms with Crippen LogP contribution in [0.4, 0.5) is 0 Å². The molecule has 0 spiro atoms. The fourth-order valence-electron chi connectivity index (χ4n) is 4.70. The predicted molar refractivity (Wildman–Crippen MR) is 188 cm³/mol. The zero-order valence-electron chi connectivity index (χ0n) is 28.6. The molecule has 0 bridgehead atoms. The molecule has 5 heteroatoms. The normalized spacial score (nSPS) is 12.7. The van der Waals surface area contributed by atoms with Gasteiger partial charge in [-0.05, 0) is 33.7 Å². The topological polar surface area (TPSA) is 50.2 Å². The van der Waals surface area contributed by atoms with Crippen LogP contribution in [-0.2, 0) is 30.3 Å². The van der Waals surface area contributed by atoms with E-state index in [4.69, 9.17) is 4.98 Å². The van der Waals surface area contributed by atoms with Crippen molar-refractivity contribution in [2.24, 2.45) is 10.8 Å². The number of hydrogen-bond acceptors (Lipinski definition) is 3. The minimum Gasteiger partial charge on any atom is -0.512 e. The summed E-state index contributed by atoms with van der Waals surface area (Å²) in [7, 11) is -1.69. The number of fused-ring (bicyclic) bond motifs is 1. The third kappa shape index (κ3) is 9.33. The van der Waals surface area contributed by atoms with Crippen molar-refractivity contribution in [3.63, 3.8) is 0 Å². The molecule has 3 aromatic carbocycles. The number of pyridine rings is 1. The summed E-state index contributed by atoms with van der Waals surface area (Å²) in [6.45, 7) is 25.2. The van der Waals surface area contributed by atoms with Crippen LogP contribution in [0.15, 0.2) is 84.6 Å². The number of hydrogen-bond donors (Lipinski definition) is 1. The Labute approximate surface area is 280 Å². The second-order valence-corrected chi connectivity index (χ2v) is 20.5. The average Bonchev–Trinajstić information content (AvgIpc) is 2.90. The number of carbonyl (C=O) groups is 1. The largest absolute Gasteiger partial charge is 0.512 e. The van der Waals surface area contributed by atoms with Crippen LogP contribution in [0, 0.1) is 16.9 Å². The molecule has 4 aromatic rings. The molecule has 0 saturated heterocycles. The van der Waals surface area contributed by atoms with Crippen LogP contribution in [0.3, 0.4) is 0 Å². The van der Waals surface area contributed by atoms with Crippen molar-refractivity contribution >= 4 is 29.9 Å². The summed E-state index contributed by atoms with van der Waals surface area (Å²) < 4.78 is 0. The number of benzene rings is 3. The van der Waals surface area contributed by atoms with Crippen LogP contribution in [0.1, 0.15) is 67.9 Å². The molecule has 0 saturated carbocycles. The van der Waals surface area contributed by atoms with Gasteiger partial charge in [-0.25, -0.2) is 0 Å². The zero-order valence-corrected chi connectivity index (χ0v) is 32.0. The van der Waals surface area contributed by atoms with Gasteiger partial charge in [-0.15, -0.1) is 35.4 Å². The number of carbonyl (C=O) groups excluding carboxylic acids is 1. The first-order valence-electron chi connectivity index (χ1n) is 15.2. The van der Waals surface area contributed by atoms with E-state index in [2.05, 4.69) is 119 Å². The van der Waals surface area contributed by atoms with E-state index in [1.165, 1.54) is 33.3 Å². The quantitative estimate of drug-likeness (QED) is 0.0971. The molecule has 4 rings (SSSR count). The Bertz CT molecular complexity index is 1610. The molecule has 0 aliphatic rings. The summed E-state index contributed by atoms with van der Waals surface area (Å²) >= 11 is 0. The van der Waals surface area contributed by atoms with E-state index < -0.39 is 13.5 Å². The second kappa shape index (κ2) is 14.1. The first kappa shape index (κ1) is 37.3. The molecule has 1 N–H and O–H groups in total. The van der Waals surface area contributed by atoms with Crippen LogP contribution in [-0.4, -0.2) is 23.9 Å². The second-order valence-electron chi connectivity index (χ2n) is 15.5. The van der Waals surface area contributed by atoms with Gasteiger partial charge in [-0.2, -0.15) is 0 Å². The number of rotatable bonds is 4. The maximum atomic E-state index is 11.5. The van der Waals surface area contributed by atoms with Crippen molar-refractivity contribution in [3.8, 4) is 22.4 Å². The SMILES string of the molecule is CC(C)(C)C(=O)/C=C(\O)C(C)(C)C.CC(C)(C)c1cc[c-]c(-c2nc3ccccc3c([Si](C)(C)C)c2-c2ccccc2)c1.[Ir]. The first-order valence-corrected chi connectivity index (χ1v) is 18.7. The molecule has 0 aliphatic carbocycles. The van der Waals surface area contributed by atoms with E-state index in [1.807, 2.05) is 41.5 Å². The molecule has 3 nitrogen and oxygen atoms in total. The van der Waals surface area contributed by atoms with Crippen LogP contribution in [0.2, 0.25) is 19.6 Å². The van der Waals surface area contributed by atoms with E-state index in [0.717, 1.165) is 16.8 Å². The number of aliphatic hydroxyl groups is 1. The number of aromatic nitrogens is 1. The summed E-state index contributed by atoms with van der Waals surface area (Å²) in [5.74, 6) is 0.104. The summed E-state index contributed by atoms with van der Waals surface area (Å²) in [4.78, 5) is 16.7. The Hall–Kier alpha value is -2.85. The monoisotopic (exact) mass is 785 g/mol. The van der Waals surface area contributed by atoms with Gasteiger partial charge in [0.2, 0.25) is 0 Å². The van der Waals surface area contributed by atoms with Crippen LogP contribution >= 0.6 is 0 Å². The summed E-state index contributed by atoms with van der Waals surface area (Å²) in [5, 5.41) is 12.3. The molecule has 0 unspecified atom stereocenters. The van der Waals surface area contributed by atoms with Crippen molar-refractivity contribution in [2.75, 3.05) is 0 Å². The number of allylic oxidation sites excluding steroid dienone is 2. The predicted octanol–water partition coefficient (Wildman–Crippen LogP) is 10.3. The summed E-state index contributed by atoms with van der Waals surface area (Å²) in [5.41, 5.74) is 6.32. The molecule has 1 aromatic heterocycles. The number of ketones is 1. The zero-order chi connectivity index (χ0) is 32.4. The van der Waals surface area contributed by atoms with E-state index in [9.17, 15) is 9.90 Å². The Morgan fingerprint density at radius 1 is 0.818 bits per heavy atom. The maximum absolute atomic E-state index is 11.5. The van der Waals surface area contributed by atoms with Gasteiger partial charge in [0.25, 0.3) is 0 Å². The van der Waals surface area contributed by atoms with Crippen molar-refractivity contribution in [3.05, 3.63) is 96.3 Å². The van der Waals surface area contributed by atoms with Gasteiger partial charge in [-0.1, -0.05) is 136 Å². The van der Waals surface area contributed by atoms with E-state index in [0.29, 0.717) is 0 Å².